The van der Waals surface area contributed by atoms with Crippen molar-refractivity contribution in [3.8, 4) is 0 Å². The maximum Gasteiger partial charge on any atom is 0.414 e. The number of allylic oxidation sites excluding steroid dienone is 2. The van der Waals surface area contributed by atoms with Crippen LogP contribution >= 0.6 is 0 Å². The Morgan fingerprint density at radius 1 is 1.00 bits per heavy atom. The molecular weight excluding hydrogens is 442 g/mol. The first-order valence-corrected chi connectivity index (χ1v) is 12.1. The van der Waals surface area contributed by atoms with E-state index >= 15 is 0 Å². The van der Waals surface area contributed by atoms with Gasteiger partial charge >= 0.3 is 6.09 Å². The third-order valence-electron chi connectivity index (χ3n) is 7.58. The summed E-state index contributed by atoms with van der Waals surface area (Å²) in [5.41, 5.74) is 4.46. The van der Waals surface area contributed by atoms with E-state index in [4.69, 9.17) is 4.74 Å². The van der Waals surface area contributed by atoms with E-state index < -0.39 is 5.66 Å². The van der Waals surface area contributed by atoms with Crippen molar-refractivity contribution in [3.05, 3.63) is 82.9 Å². The summed E-state index contributed by atoms with van der Waals surface area (Å²) in [5, 5.41) is 3.19. The van der Waals surface area contributed by atoms with Crippen LogP contribution in [0.5, 0.6) is 0 Å². The molecule has 0 spiro atoms. The van der Waals surface area contributed by atoms with E-state index in [9.17, 15) is 14.4 Å². The molecule has 2 aromatic rings. The molecule has 1 atom stereocenters. The summed E-state index contributed by atoms with van der Waals surface area (Å²) in [5.74, 6) is -0.0729. The molecule has 7 heteroatoms. The number of Topliss-reactive ketones (excluding diaryl/α,β-unsaturated/α-hetero) is 1. The lowest BCUT2D eigenvalue weighted by Crippen LogP contribution is -2.63. The Bertz CT molecular complexity index is 1300. The number of anilines is 1. The Morgan fingerprint density at radius 2 is 1.71 bits per heavy atom. The maximum atomic E-state index is 12.9. The first-order valence-electron chi connectivity index (χ1n) is 12.1. The van der Waals surface area contributed by atoms with Crippen LogP contribution in [0.25, 0.3) is 5.57 Å². The van der Waals surface area contributed by atoms with Crippen LogP contribution in [0.2, 0.25) is 0 Å². The summed E-state index contributed by atoms with van der Waals surface area (Å²) in [4.78, 5) is 42.0. The Balaban J connectivity index is 1.29. The van der Waals surface area contributed by atoms with Crippen LogP contribution in [0.3, 0.4) is 0 Å². The van der Waals surface area contributed by atoms with Crippen LogP contribution < -0.4 is 10.2 Å². The van der Waals surface area contributed by atoms with Gasteiger partial charge in [0.2, 0.25) is 5.91 Å². The van der Waals surface area contributed by atoms with Gasteiger partial charge in [-0.3, -0.25) is 19.4 Å². The number of cyclic esters (lactones) is 1. The normalized spacial score (nSPS) is 24.1. The van der Waals surface area contributed by atoms with Crippen molar-refractivity contribution < 1.29 is 19.1 Å². The predicted molar refractivity (Wildman–Crippen MR) is 132 cm³/mol. The van der Waals surface area contributed by atoms with Crippen molar-refractivity contribution in [3.63, 3.8) is 0 Å². The molecular formula is C28H27N3O4. The highest BCUT2D eigenvalue weighted by Crippen LogP contribution is 2.43. The number of hydrogen-bond donors (Lipinski definition) is 1. The van der Waals surface area contributed by atoms with Gasteiger partial charge in [0.05, 0.1) is 5.69 Å². The van der Waals surface area contributed by atoms with E-state index in [0.717, 1.165) is 40.8 Å². The van der Waals surface area contributed by atoms with Gasteiger partial charge in [-0.25, -0.2) is 4.79 Å². The topological polar surface area (TPSA) is 79.0 Å². The van der Waals surface area contributed by atoms with Crippen LogP contribution in [0, 0.1) is 0 Å². The van der Waals surface area contributed by atoms with Crippen LogP contribution in [-0.2, 0) is 16.1 Å². The molecule has 0 radical (unpaired) electrons. The van der Waals surface area contributed by atoms with Gasteiger partial charge in [-0.2, -0.15) is 0 Å². The van der Waals surface area contributed by atoms with Crippen molar-refractivity contribution in [2.24, 2.45) is 0 Å². The summed E-state index contributed by atoms with van der Waals surface area (Å²) < 4.78 is 5.44. The number of hydrogen-bond acceptors (Lipinski definition) is 5. The number of carbonyl (C=O) groups excluding carboxylic acids is 3. The zero-order chi connectivity index (χ0) is 24.2. The van der Waals surface area contributed by atoms with Crippen molar-refractivity contribution >= 4 is 29.0 Å². The van der Waals surface area contributed by atoms with E-state index in [-0.39, 0.29) is 23.8 Å². The summed E-state index contributed by atoms with van der Waals surface area (Å²) in [6, 6.07) is 15.5. The zero-order valence-electron chi connectivity index (χ0n) is 19.6. The Hall–Kier alpha value is -3.71. The molecule has 35 heavy (non-hydrogen) atoms. The molecule has 6 rings (SSSR count). The number of para-hydroxylation sites is 1. The second kappa shape index (κ2) is 8.20. The number of amides is 2. The van der Waals surface area contributed by atoms with Gasteiger partial charge in [-0.1, -0.05) is 48.5 Å². The van der Waals surface area contributed by atoms with Gasteiger partial charge in [-0.15, -0.1) is 0 Å². The molecule has 1 N–H and O–H groups in total. The minimum atomic E-state index is -0.715. The molecule has 0 aromatic heterocycles. The number of nitrogens with one attached hydrogen (secondary N) is 1. The van der Waals surface area contributed by atoms with E-state index in [1.165, 1.54) is 6.92 Å². The van der Waals surface area contributed by atoms with E-state index in [1.54, 1.807) is 4.90 Å². The molecule has 2 amide bonds. The number of rotatable bonds is 3. The predicted octanol–water partition coefficient (Wildman–Crippen LogP) is 4.05. The number of ketones is 1. The Morgan fingerprint density at radius 3 is 2.49 bits per heavy atom. The molecule has 0 bridgehead atoms. The molecule has 2 heterocycles. The fourth-order valence-corrected chi connectivity index (χ4v) is 5.98. The number of piperidine rings is 1. The van der Waals surface area contributed by atoms with Crippen molar-refractivity contribution in [1.82, 2.24) is 10.2 Å². The highest BCUT2D eigenvalue weighted by atomic mass is 16.6. The minimum Gasteiger partial charge on any atom is -0.444 e. The Labute approximate surface area is 204 Å². The lowest BCUT2D eigenvalue weighted by Gasteiger charge is -2.48. The Kier molecular flexibility index (Phi) is 5.11. The molecule has 2 aliphatic carbocycles. The average Bonchev–Trinajstić information content (AvgIpc) is 3.15. The SMILES string of the molecule is CC(=O)NC1(N2CCC(N3C(=O)OCc4ccccc43)CC2)C=C2C(=CC1)C(=O)c1ccccc12. The number of fused-ring (bicyclic) bond motifs is 4. The first-order chi connectivity index (χ1) is 17.0. The summed E-state index contributed by atoms with van der Waals surface area (Å²) >= 11 is 0. The summed E-state index contributed by atoms with van der Waals surface area (Å²) in [7, 11) is 0. The molecule has 2 aliphatic heterocycles. The van der Waals surface area contributed by atoms with E-state index in [1.807, 2.05) is 54.6 Å². The van der Waals surface area contributed by atoms with Gasteiger partial charge in [-0.05, 0) is 36.1 Å². The summed E-state index contributed by atoms with van der Waals surface area (Å²) in [6.45, 7) is 3.22. The van der Waals surface area contributed by atoms with Crippen molar-refractivity contribution in [2.75, 3.05) is 18.0 Å². The van der Waals surface area contributed by atoms with Gasteiger partial charge in [0.25, 0.3) is 0 Å². The standard InChI is InChI=1S/C28H27N3O4/c1-18(32)29-28(13-10-23-24(16-28)21-7-3-4-8-22(21)26(23)33)30-14-11-20(12-15-30)31-25-9-5-2-6-19(25)17-35-27(31)34/h2-10,16,20H,11-15,17H2,1H3,(H,29,32). The molecule has 4 aliphatic rings. The molecule has 1 saturated heterocycles. The second-order valence-corrected chi connectivity index (χ2v) is 9.63. The molecule has 1 unspecified atom stereocenters. The smallest absolute Gasteiger partial charge is 0.414 e. The number of carbonyl (C=O) groups is 3. The molecule has 0 saturated carbocycles. The number of benzene rings is 2. The van der Waals surface area contributed by atoms with Crippen molar-refractivity contribution in [1.29, 1.82) is 0 Å². The third-order valence-corrected chi connectivity index (χ3v) is 7.58. The van der Waals surface area contributed by atoms with Gasteiger partial charge in [0.15, 0.2) is 5.78 Å². The molecule has 7 nitrogen and oxygen atoms in total. The lowest BCUT2D eigenvalue weighted by molar-refractivity contribution is -0.122. The van der Waals surface area contributed by atoms with Crippen LogP contribution in [0.1, 0.15) is 47.7 Å². The molecule has 178 valence electrons. The third kappa shape index (κ3) is 3.49. The fraction of sp³-hybridized carbons (Fsp3) is 0.321. The largest absolute Gasteiger partial charge is 0.444 e. The highest BCUT2D eigenvalue weighted by Gasteiger charge is 2.44. The first kappa shape index (κ1) is 21.8. The van der Waals surface area contributed by atoms with Gasteiger partial charge in [0, 0.05) is 49.2 Å². The molecule has 1 fully saturated rings. The highest BCUT2D eigenvalue weighted by molar-refractivity contribution is 6.27. The number of nitrogens with zero attached hydrogens (tertiary/aromatic N) is 2. The van der Waals surface area contributed by atoms with E-state index in [0.29, 0.717) is 31.7 Å². The summed E-state index contributed by atoms with van der Waals surface area (Å²) in [6.07, 6.45) is 5.76. The van der Waals surface area contributed by atoms with Crippen LogP contribution in [-0.4, -0.2) is 47.5 Å². The van der Waals surface area contributed by atoms with Gasteiger partial charge in [0.1, 0.15) is 12.3 Å². The number of likely N-dealkylation sites (tertiary alicyclic amines) is 1. The van der Waals surface area contributed by atoms with Crippen LogP contribution in [0.15, 0.2) is 66.3 Å². The zero-order valence-corrected chi connectivity index (χ0v) is 19.6. The van der Waals surface area contributed by atoms with E-state index in [2.05, 4.69) is 16.3 Å². The fourth-order valence-electron chi connectivity index (χ4n) is 5.98. The van der Waals surface area contributed by atoms with Crippen LogP contribution in [0.4, 0.5) is 10.5 Å². The molecule has 2 aromatic carbocycles. The quantitative estimate of drug-likeness (QED) is 0.734. The average molecular weight is 470 g/mol. The number of ether oxygens (including phenoxy) is 1. The monoisotopic (exact) mass is 469 g/mol. The van der Waals surface area contributed by atoms with Gasteiger partial charge < -0.3 is 10.1 Å². The maximum absolute atomic E-state index is 12.9. The van der Waals surface area contributed by atoms with Crippen molar-refractivity contribution in [2.45, 2.75) is 44.5 Å². The minimum absolute atomic E-state index is 0.0192. The second-order valence-electron chi connectivity index (χ2n) is 9.63. The lowest BCUT2D eigenvalue weighted by atomic mass is 9.87.